The number of rotatable bonds is 3. The number of methoxy groups -OCH3 is 1. The first-order valence-corrected chi connectivity index (χ1v) is 9.21. The van der Waals surface area contributed by atoms with Crippen LogP contribution >= 0.6 is 0 Å². The molecule has 0 saturated carbocycles. The third kappa shape index (κ3) is 2.85. The molecule has 2 aliphatic heterocycles. The molecule has 1 aromatic heterocycles. The van der Waals surface area contributed by atoms with Crippen LogP contribution in [0.1, 0.15) is 29.9 Å². The van der Waals surface area contributed by atoms with Crippen molar-refractivity contribution in [1.82, 2.24) is 19.4 Å². The van der Waals surface area contributed by atoms with Crippen LogP contribution < -0.4 is 4.74 Å². The summed E-state index contributed by atoms with van der Waals surface area (Å²) < 4.78 is 7.68. The minimum atomic E-state index is 0.114. The standard InChI is InChI=1S/C20H28N4O/c1-16-14-21-19-20(22(2)12-13-24(16)19)8-10-23(11-9-20)15-17-4-6-18(25-3)7-5-17/h4-7,14H,8-13,15H2,1-3H3. The van der Waals surface area contributed by atoms with Gasteiger partial charge in [-0.05, 0) is 44.5 Å². The maximum absolute atomic E-state index is 5.25. The van der Waals surface area contributed by atoms with E-state index in [1.54, 1.807) is 7.11 Å². The lowest BCUT2D eigenvalue weighted by Crippen LogP contribution is -2.56. The number of likely N-dealkylation sites (N-methyl/N-ethyl adjacent to an activating group) is 1. The second-order valence-corrected chi connectivity index (χ2v) is 7.45. The first-order valence-electron chi connectivity index (χ1n) is 9.21. The predicted octanol–water partition coefficient (Wildman–Crippen LogP) is 2.64. The van der Waals surface area contributed by atoms with Gasteiger partial charge in [-0.3, -0.25) is 9.80 Å². The number of imidazole rings is 1. The number of fused-ring (bicyclic) bond motifs is 2. The van der Waals surface area contributed by atoms with Crippen LogP contribution in [-0.2, 0) is 18.6 Å². The van der Waals surface area contributed by atoms with Crippen LogP contribution in [0.4, 0.5) is 0 Å². The van der Waals surface area contributed by atoms with E-state index in [0.717, 1.165) is 51.3 Å². The Kier molecular flexibility index (Phi) is 4.29. The molecule has 25 heavy (non-hydrogen) atoms. The highest BCUT2D eigenvalue weighted by Crippen LogP contribution is 2.40. The van der Waals surface area contributed by atoms with E-state index in [9.17, 15) is 0 Å². The van der Waals surface area contributed by atoms with Crippen molar-refractivity contribution in [3.63, 3.8) is 0 Å². The Labute approximate surface area is 150 Å². The van der Waals surface area contributed by atoms with Crippen LogP contribution in [0.25, 0.3) is 0 Å². The quantitative estimate of drug-likeness (QED) is 0.860. The Morgan fingerprint density at radius 2 is 1.80 bits per heavy atom. The smallest absolute Gasteiger partial charge is 0.129 e. The fraction of sp³-hybridized carbons (Fsp3) is 0.550. The Bertz CT molecular complexity index is 729. The topological polar surface area (TPSA) is 33.5 Å². The molecule has 1 spiro atoms. The van der Waals surface area contributed by atoms with Gasteiger partial charge >= 0.3 is 0 Å². The van der Waals surface area contributed by atoms with Gasteiger partial charge in [-0.25, -0.2) is 4.98 Å². The molecule has 4 rings (SSSR count). The lowest BCUT2D eigenvalue weighted by atomic mass is 9.83. The highest BCUT2D eigenvalue weighted by Gasteiger charge is 2.45. The number of aromatic nitrogens is 2. The maximum Gasteiger partial charge on any atom is 0.129 e. The van der Waals surface area contributed by atoms with Gasteiger partial charge in [0.05, 0.1) is 12.6 Å². The average Bonchev–Trinajstić information content (AvgIpc) is 3.02. The van der Waals surface area contributed by atoms with Crippen LogP contribution in [-0.4, -0.2) is 53.1 Å². The van der Waals surface area contributed by atoms with Crippen molar-refractivity contribution in [1.29, 1.82) is 0 Å². The Balaban J connectivity index is 1.47. The van der Waals surface area contributed by atoms with Crippen molar-refractivity contribution in [3.05, 3.63) is 47.5 Å². The van der Waals surface area contributed by atoms with Gasteiger partial charge in [-0.1, -0.05) is 12.1 Å². The maximum atomic E-state index is 5.25. The first kappa shape index (κ1) is 16.6. The molecule has 5 nitrogen and oxygen atoms in total. The van der Waals surface area contributed by atoms with Crippen LogP contribution in [0.5, 0.6) is 5.75 Å². The van der Waals surface area contributed by atoms with Crippen LogP contribution in [0.2, 0.25) is 0 Å². The molecule has 0 atom stereocenters. The van der Waals surface area contributed by atoms with E-state index in [1.807, 2.05) is 6.20 Å². The minimum absolute atomic E-state index is 0.114. The zero-order chi connectivity index (χ0) is 17.4. The molecule has 0 N–H and O–H groups in total. The van der Waals surface area contributed by atoms with Crippen molar-refractivity contribution in [3.8, 4) is 5.75 Å². The molecule has 0 amide bonds. The van der Waals surface area contributed by atoms with E-state index in [4.69, 9.17) is 9.72 Å². The summed E-state index contributed by atoms with van der Waals surface area (Å²) in [5.74, 6) is 2.20. The molecule has 0 bridgehead atoms. The van der Waals surface area contributed by atoms with E-state index in [0.29, 0.717) is 0 Å². The van der Waals surface area contributed by atoms with E-state index in [1.165, 1.54) is 17.1 Å². The molecule has 134 valence electrons. The molecular formula is C20H28N4O. The van der Waals surface area contributed by atoms with Gasteiger partial charge in [0.25, 0.3) is 0 Å². The van der Waals surface area contributed by atoms with Gasteiger partial charge in [0.2, 0.25) is 0 Å². The highest BCUT2D eigenvalue weighted by atomic mass is 16.5. The van der Waals surface area contributed by atoms with Crippen molar-refractivity contribution >= 4 is 0 Å². The molecule has 1 saturated heterocycles. The van der Waals surface area contributed by atoms with Crippen molar-refractivity contribution in [2.75, 3.05) is 33.8 Å². The zero-order valence-corrected chi connectivity index (χ0v) is 15.5. The summed E-state index contributed by atoms with van der Waals surface area (Å²) in [6, 6.07) is 8.45. The van der Waals surface area contributed by atoms with Crippen LogP contribution in [0, 0.1) is 6.92 Å². The van der Waals surface area contributed by atoms with Gasteiger partial charge in [-0.15, -0.1) is 0 Å². The molecule has 2 aromatic rings. The third-order valence-electron chi connectivity index (χ3n) is 6.11. The SMILES string of the molecule is COc1ccc(CN2CCC3(CC2)c2ncc(C)n2CCN3C)cc1. The molecule has 0 unspecified atom stereocenters. The Hall–Kier alpha value is -1.85. The number of benzene rings is 1. The minimum Gasteiger partial charge on any atom is -0.497 e. The van der Waals surface area contributed by atoms with E-state index < -0.39 is 0 Å². The summed E-state index contributed by atoms with van der Waals surface area (Å²) in [6.45, 7) is 7.59. The molecule has 1 aromatic carbocycles. The average molecular weight is 340 g/mol. The fourth-order valence-electron chi connectivity index (χ4n) is 4.42. The number of nitrogens with zero attached hydrogens (tertiary/aromatic N) is 4. The zero-order valence-electron chi connectivity index (χ0n) is 15.5. The van der Waals surface area contributed by atoms with Crippen molar-refractivity contribution in [2.24, 2.45) is 0 Å². The van der Waals surface area contributed by atoms with Gasteiger partial charge in [0.1, 0.15) is 11.6 Å². The first-order chi connectivity index (χ1) is 12.1. The van der Waals surface area contributed by atoms with Crippen LogP contribution in [0.3, 0.4) is 0 Å². The van der Waals surface area contributed by atoms with E-state index >= 15 is 0 Å². The van der Waals surface area contributed by atoms with Gasteiger partial charge in [0, 0.05) is 44.6 Å². The number of likely N-dealkylation sites (tertiary alicyclic amines) is 1. The molecule has 0 aliphatic carbocycles. The third-order valence-corrected chi connectivity index (χ3v) is 6.11. The molecular weight excluding hydrogens is 312 g/mol. The summed E-state index contributed by atoms with van der Waals surface area (Å²) in [6.07, 6.45) is 4.34. The molecule has 2 aliphatic rings. The second-order valence-electron chi connectivity index (χ2n) is 7.45. The molecule has 0 radical (unpaired) electrons. The van der Waals surface area contributed by atoms with Gasteiger partial charge < -0.3 is 9.30 Å². The number of piperidine rings is 1. The normalized spacial score (nSPS) is 20.6. The number of ether oxygens (including phenoxy) is 1. The van der Waals surface area contributed by atoms with E-state index in [2.05, 4.69) is 52.6 Å². The number of hydrogen-bond donors (Lipinski definition) is 0. The van der Waals surface area contributed by atoms with Crippen LogP contribution in [0.15, 0.2) is 30.5 Å². The summed E-state index contributed by atoms with van der Waals surface area (Å²) in [7, 11) is 3.98. The predicted molar refractivity (Wildman–Crippen MR) is 98.8 cm³/mol. The fourth-order valence-corrected chi connectivity index (χ4v) is 4.42. The van der Waals surface area contributed by atoms with Gasteiger partial charge in [0.15, 0.2) is 0 Å². The van der Waals surface area contributed by atoms with Crippen molar-refractivity contribution < 1.29 is 4.74 Å². The lowest BCUT2D eigenvalue weighted by molar-refractivity contribution is 0.00636. The number of aryl methyl sites for hydroxylation is 1. The summed E-state index contributed by atoms with van der Waals surface area (Å²) in [5, 5.41) is 0. The Morgan fingerprint density at radius 3 is 2.48 bits per heavy atom. The Morgan fingerprint density at radius 1 is 1.08 bits per heavy atom. The number of hydrogen-bond acceptors (Lipinski definition) is 4. The van der Waals surface area contributed by atoms with Crippen molar-refractivity contribution in [2.45, 2.75) is 38.4 Å². The summed E-state index contributed by atoms with van der Waals surface area (Å²) >= 11 is 0. The largest absolute Gasteiger partial charge is 0.497 e. The summed E-state index contributed by atoms with van der Waals surface area (Å²) in [5.41, 5.74) is 2.76. The second kappa shape index (κ2) is 6.46. The molecule has 5 heteroatoms. The highest BCUT2D eigenvalue weighted by molar-refractivity contribution is 5.27. The van der Waals surface area contributed by atoms with E-state index in [-0.39, 0.29) is 5.54 Å². The molecule has 1 fully saturated rings. The van der Waals surface area contributed by atoms with Gasteiger partial charge in [-0.2, -0.15) is 0 Å². The summed E-state index contributed by atoms with van der Waals surface area (Å²) in [4.78, 5) is 9.91. The molecule has 3 heterocycles. The monoisotopic (exact) mass is 340 g/mol. The lowest BCUT2D eigenvalue weighted by Gasteiger charge is -2.49.